The Morgan fingerprint density at radius 1 is 1.45 bits per heavy atom. The number of sulfonamides is 1. The van der Waals surface area contributed by atoms with Gasteiger partial charge in [0.25, 0.3) is 0 Å². The van der Waals surface area contributed by atoms with Gasteiger partial charge >= 0.3 is 0 Å². The minimum atomic E-state index is -3.48. The number of hydrogen-bond donors (Lipinski definition) is 0. The number of piperidine rings is 1. The summed E-state index contributed by atoms with van der Waals surface area (Å²) in [5.41, 5.74) is 0. The third-order valence-electron chi connectivity index (χ3n) is 3.65. The summed E-state index contributed by atoms with van der Waals surface area (Å²) in [5, 5.41) is 0. The molecule has 1 fully saturated rings. The molecule has 0 aliphatic carbocycles. The summed E-state index contributed by atoms with van der Waals surface area (Å²) in [5.74, 6) is 1.50. The van der Waals surface area contributed by atoms with Crippen LogP contribution in [0.3, 0.4) is 0 Å². The molecule has 0 unspecified atom stereocenters. The summed E-state index contributed by atoms with van der Waals surface area (Å²) in [6.45, 7) is 3.39. The fraction of sp³-hybridized carbons (Fsp3) is 0.692. The number of furan rings is 1. The molecular weight excluding hydrogens is 302 g/mol. The van der Waals surface area contributed by atoms with Gasteiger partial charge in [0.1, 0.15) is 16.4 Å². The van der Waals surface area contributed by atoms with E-state index in [2.05, 4.69) is 0 Å². The summed E-state index contributed by atoms with van der Waals surface area (Å²) in [4.78, 5) is 0.235. The molecule has 5 nitrogen and oxygen atoms in total. The maximum absolute atomic E-state index is 12.6. The fourth-order valence-corrected chi connectivity index (χ4v) is 4.32. The summed E-state index contributed by atoms with van der Waals surface area (Å²) in [6, 6.07) is 1.53. The van der Waals surface area contributed by atoms with Crippen LogP contribution in [0.1, 0.15) is 24.4 Å². The largest absolute Gasteiger partial charge is 0.464 e. The molecule has 1 aliphatic heterocycles. The minimum Gasteiger partial charge on any atom is -0.464 e. The summed E-state index contributed by atoms with van der Waals surface area (Å²) in [6.07, 6.45) is 1.65. The Bertz CT molecular complexity index is 547. The van der Waals surface area contributed by atoms with Gasteiger partial charge in [-0.2, -0.15) is 4.31 Å². The van der Waals surface area contributed by atoms with E-state index in [-0.39, 0.29) is 10.8 Å². The first kappa shape index (κ1) is 15.8. The van der Waals surface area contributed by atoms with Crippen LogP contribution in [0.5, 0.6) is 0 Å². The molecule has 0 N–H and O–H groups in total. The van der Waals surface area contributed by atoms with Crippen molar-refractivity contribution in [1.82, 2.24) is 4.31 Å². The van der Waals surface area contributed by atoms with Crippen molar-refractivity contribution in [2.24, 2.45) is 5.92 Å². The Morgan fingerprint density at radius 3 is 2.60 bits per heavy atom. The standard InChI is InChI=1S/C13H20ClNO4S/c1-10-13(7-12(8-14)19-10)20(16,17)15-5-3-11(4-6-15)9-18-2/h7,11H,3-6,8-9H2,1-2H3. The zero-order valence-electron chi connectivity index (χ0n) is 11.8. The van der Waals surface area contributed by atoms with Crippen molar-refractivity contribution in [1.29, 1.82) is 0 Å². The van der Waals surface area contributed by atoms with Gasteiger partial charge in [0.15, 0.2) is 0 Å². The number of rotatable bonds is 5. The number of ether oxygens (including phenoxy) is 1. The Hall–Kier alpha value is -0.560. The summed E-state index contributed by atoms with van der Waals surface area (Å²) < 4.78 is 37.2. The molecule has 20 heavy (non-hydrogen) atoms. The SMILES string of the molecule is COCC1CCN(S(=O)(=O)c2cc(CCl)oc2C)CC1. The van der Waals surface area contributed by atoms with Crippen molar-refractivity contribution in [3.63, 3.8) is 0 Å². The van der Waals surface area contributed by atoms with Gasteiger partial charge in [0, 0.05) is 32.9 Å². The van der Waals surface area contributed by atoms with Crippen LogP contribution in [0.2, 0.25) is 0 Å². The molecule has 0 saturated carbocycles. The van der Waals surface area contributed by atoms with Crippen LogP contribution in [0, 0.1) is 12.8 Å². The highest BCUT2D eigenvalue weighted by molar-refractivity contribution is 7.89. The van der Waals surface area contributed by atoms with E-state index < -0.39 is 10.0 Å². The van der Waals surface area contributed by atoms with Crippen molar-refractivity contribution in [2.45, 2.75) is 30.5 Å². The van der Waals surface area contributed by atoms with Gasteiger partial charge in [-0.15, -0.1) is 11.6 Å². The van der Waals surface area contributed by atoms with Gasteiger partial charge in [-0.05, 0) is 25.7 Å². The van der Waals surface area contributed by atoms with E-state index in [0.29, 0.717) is 37.1 Å². The van der Waals surface area contributed by atoms with Gasteiger partial charge in [-0.3, -0.25) is 0 Å². The number of methoxy groups -OCH3 is 1. The lowest BCUT2D eigenvalue weighted by atomic mass is 9.99. The molecule has 0 bridgehead atoms. The van der Waals surface area contributed by atoms with Crippen molar-refractivity contribution in [3.8, 4) is 0 Å². The molecule has 1 aromatic heterocycles. The van der Waals surface area contributed by atoms with Crippen LogP contribution in [0.25, 0.3) is 0 Å². The number of alkyl halides is 1. The molecule has 0 atom stereocenters. The molecule has 2 rings (SSSR count). The number of halogens is 1. The van der Waals surface area contributed by atoms with E-state index in [9.17, 15) is 8.42 Å². The third-order valence-corrected chi connectivity index (χ3v) is 5.92. The Kier molecular flexibility index (Phi) is 5.12. The van der Waals surface area contributed by atoms with Crippen LogP contribution in [-0.4, -0.2) is 39.5 Å². The normalized spacial score (nSPS) is 18.6. The lowest BCUT2D eigenvalue weighted by molar-refractivity contribution is 0.121. The molecule has 0 amide bonds. The highest BCUT2D eigenvalue weighted by atomic mass is 35.5. The van der Waals surface area contributed by atoms with Crippen molar-refractivity contribution >= 4 is 21.6 Å². The first-order valence-electron chi connectivity index (χ1n) is 6.63. The van der Waals surface area contributed by atoms with Gasteiger partial charge in [-0.25, -0.2) is 8.42 Å². The first-order valence-corrected chi connectivity index (χ1v) is 8.61. The van der Waals surface area contributed by atoms with Crippen molar-refractivity contribution < 1.29 is 17.6 Å². The second-order valence-corrected chi connectivity index (χ2v) is 7.24. The van der Waals surface area contributed by atoms with Crippen LogP contribution in [0.15, 0.2) is 15.4 Å². The van der Waals surface area contributed by atoms with Gasteiger partial charge in [0.2, 0.25) is 10.0 Å². The topological polar surface area (TPSA) is 59.8 Å². The highest BCUT2D eigenvalue weighted by Crippen LogP contribution is 2.28. The maximum atomic E-state index is 12.6. The van der Waals surface area contributed by atoms with Crippen LogP contribution < -0.4 is 0 Å². The lowest BCUT2D eigenvalue weighted by Gasteiger charge is -2.30. The quantitative estimate of drug-likeness (QED) is 0.781. The molecular formula is C13H20ClNO4S. The molecule has 1 aromatic rings. The molecule has 0 aromatic carbocycles. The molecule has 0 radical (unpaired) electrons. The Morgan fingerprint density at radius 2 is 2.10 bits per heavy atom. The number of aryl methyl sites for hydroxylation is 1. The van der Waals surface area contributed by atoms with Gasteiger partial charge < -0.3 is 9.15 Å². The molecule has 7 heteroatoms. The molecule has 2 heterocycles. The molecule has 114 valence electrons. The van der Waals surface area contributed by atoms with Gasteiger partial charge in [0.05, 0.1) is 5.88 Å². The second kappa shape index (κ2) is 6.47. The van der Waals surface area contributed by atoms with Crippen molar-refractivity contribution in [3.05, 3.63) is 17.6 Å². The smallest absolute Gasteiger partial charge is 0.246 e. The third kappa shape index (κ3) is 3.19. The highest BCUT2D eigenvalue weighted by Gasteiger charge is 2.32. The average Bonchev–Trinajstić information content (AvgIpc) is 2.82. The minimum absolute atomic E-state index is 0.173. The first-order chi connectivity index (χ1) is 9.48. The van der Waals surface area contributed by atoms with E-state index in [1.165, 1.54) is 10.4 Å². The predicted octanol–water partition coefficient (Wildman–Crippen LogP) is 2.37. The Balaban J connectivity index is 2.13. The Labute approximate surface area is 124 Å². The molecule has 1 saturated heterocycles. The number of nitrogens with zero attached hydrogens (tertiary/aromatic N) is 1. The van der Waals surface area contributed by atoms with E-state index >= 15 is 0 Å². The maximum Gasteiger partial charge on any atom is 0.246 e. The predicted molar refractivity (Wildman–Crippen MR) is 76.4 cm³/mol. The summed E-state index contributed by atoms with van der Waals surface area (Å²) in [7, 11) is -1.81. The van der Waals surface area contributed by atoms with E-state index in [0.717, 1.165) is 12.8 Å². The van der Waals surface area contributed by atoms with Crippen LogP contribution in [0.4, 0.5) is 0 Å². The van der Waals surface area contributed by atoms with Crippen LogP contribution in [-0.2, 0) is 20.6 Å². The van der Waals surface area contributed by atoms with Gasteiger partial charge in [-0.1, -0.05) is 0 Å². The van der Waals surface area contributed by atoms with Crippen LogP contribution >= 0.6 is 11.6 Å². The molecule has 0 spiro atoms. The molecule has 1 aliphatic rings. The number of hydrogen-bond acceptors (Lipinski definition) is 4. The average molecular weight is 322 g/mol. The zero-order chi connectivity index (χ0) is 14.8. The fourth-order valence-electron chi connectivity index (χ4n) is 2.54. The van der Waals surface area contributed by atoms with E-state index in [1.807, 2.05) is 0 Å². The lowest BCUT2D eigenvalue weighted by Crippen LogP contribution is -2.39. The van der Waals surface area contributed by atoms with E-state index in [4.69, 9.17) is 20.8 Å². The van der Waals surface area contributed by atoms with E-state index in [1.54, 1.807) is 14.0 Å². The second-order valence-electron chi connectivity index (χ2n) is 5.07. The van der Waals surface area contributed by atoms with Crippen molar-refractivity contribution in [2.75, 3.05) is 26.8 Å². The summed E-state index contributed by atoms with van der Waals surface area (Å²) >= 11 is 5.69. The zero-order valence-corrected chi connectivity index (χ0v) is 13.3. The monoisotopic (exact) mass is 321 g/mol.